The van der Waals surface area contributed by atoms with Gasteiger partial charge in [0, 0.05) is 42.8 Å². The molecule has 2 amide bonds. The van der Waals surface area contributed by atoms with Crippen LogP contribution in [-0.2, 0) is 20.9 Å². The molecule has 0 saturated carbocycles. The van der Waals surface area contributed by atoms with Crippen molar-refractivity contribution in [2.45, 2.75) is 18.2 Å². The number of ether oxygens (including phenoxy) is 3. The molecule has 8 heteroatoms. The molecule has 0 aliphatic carbocycles. The fourth-order valence-electron chi connectivity index (χ4n) is 4.83. The van der Waals surface area contributed by atoms with Crippen LogP contribution in [0, 0.1) is 11.8 Å². The highest BCUT2D eigenvalue weighted by Gasteiger charge is 2.66. The van der Waals surface area contributed by atoms with Crippen LogP contribution in [0.25, 0.3) is 0 Å². The Bertz CT molecular complexity index is 1030. The standard InChI is InChI=1S/C23H23N3O5/c1-29-16-9-15(10-17(11-16)30-2)25-21(27)19-18-3-6-23(31-18)13-26(22(28)20(19)23)12-14-4-7-24-8-5-14/h3-11,18-20H,12-13H2,1-2H3,(H,25,27)/t18-,19+,20+,23-/m1/s1. The van der Waals surface area contributed by atoms with Crippen LogP contribution in [-0.4, -0.2) is 54.2 Å². The number of aromatic nitrogens is 1. The lowest BCUT2D eigenvalue weighted by Crippen LogP contribution is -2.41. The highest BCUT2D eigenvalue weighted by atomic mass is 16.5. The summed E-state index contributed by atoms with van der Waals surface area (Å²) in [5.74, 6) is -0.331. The van der Waals surface area contributed by atoms with Gasteiger partial charge in [0.1, 0.15) is 17.1 Å². The van der Waals surface area contributed by atoms with E-state index in [1.165, 1.54) is 0 Å². The molecule has 2 fully saturated rings. The zero-order valence-corrected chi connectivity index (χ0v) is 17.3. The smallest absolute Gasteiger partial charge is 0.231 e. The van der Waals surface area contributed by atoms with Crippen LogP contribution in [0.4, 0.5) is 5.69 Å². The van der Waals surface area contributed by atoms with Crippen LogP contribution in [0.1, 0.15) is 5.56 Å². The molecule has 4 heterocycles. The summed E-state index contributed by atoms with van der Waals surface area (Å²) in [6.45, 7) is 0.894. The van der Waals surface area contributed by atoms with Gasteiger partial charge in [-0.3, -0.25) is 14.6 Å². The largest absolute Gasteiger partial charge is 0.497 e. The van der Waals surface area contributed by atoms with Crippen molar-refractivity contribution < 1.29 is 23.8 Å². The number of methoxy groups -OCH3 is 2. The van der Waals surface area contributed by atoms with Crippen molar-refractivity contribution in [1.29, 1.82) is 0 Å². The Labute approximate surface area is 179 Å². The van der Waals surface area contributed by atoms with Gasteiger partial charge in [0.25, 0.3) is 0 Å². The summed E-state index contributed by atoms with van der Waals surface area (Å²) < 4.78 is 16.7. The predicted octanol–water partition coefficient (Wildman–Crippen LogP) is 2.02. The molecular formula is C23H23N3O5. The lowest BCUT2D eigenvalue weighted by atomic mass is 9.77. The number of anilines is 1. The second-order valence-corrected chi connectivity index (χ2v) is 8.04. The first-order chi connectivity index (χ1) is 15.0. The van der Waals surface area contributed by atoms with Gasteiger partial charge in [0.05, 0.1) is 38.7 Å². The van der Waals surface area contributed by atoms with E-state index in [4.69, 9.17) is 14.2 Å². The average molecular weight is 421 g/mol. The highest BCUT2D eigenvalue weighted by Crippen LogP contribution is 2.52. The SMILES string of the molecule is COc1cc(NC(=O)[C@@H]2[C@H]3C(=O)N(Cc4ccncc4)C[C@]34C=C[C@H]2O4)cc(OC)c1. The third kappa shape index (κ3) is 3.23. The zero-order valence-electron chi connectivity index (χ0n) is 17.3. The molecule has 5 rings (SSSR count). The van der Waals surface area contributed by atoms with Gasteiger partial charge >= 0.3 is 0 Å². The summed E-state index contributed by atoms with van der Waals surface area (Å²) in [6, 6.07) is 8.92. The molecule has 160 valence electrons. The van der Waals surface area contributed by atoms with Crippen LogP contribution in [0.2, 0.25) is 0 Å². The molecule has 2 saturated heterocycles. The molecule has 2 bridgehead atoms. The van der Waals surface area contributed by atoms with Crippen LogP contribution < -0.4 is 14.8 Å². The van der Waals surface area contributed by atoms with Gasteiger partial charge in [0.15, 0.2) is 0 Å². The van der Waals surface area contributed by atoms with Crippen molar-refractivity contribution in [2.24, 2.45) is 11.8 Å². The summed E-state index contributed by atoms with van der Waals surface area (Å²) in [4.78, 5) is 32.4. The Hall–Kier alpha value is -3.39. The molecule has 1 N–H and O–H groups in total. The Balaban J connectivity index is 1.38. The van der Waals surface area contributed by atoms with Crippen molar-refractivity contribution in [3.8, 4) is 11.5 Å². The van der Waals surface area contributed by atoms with E-state index in [1.807, 2.05) is 24.3 Å². The minimum absolute atomic E-state index is 0.0629. The monoisotopic (exact) mass is 421 g/mol. The molecule has 1 spiro atoms. The van der Waals surface area contributed by atoms with Crippen molar-refractivity contribution in [1.82, 2.24) is 9.88 Å². The number of carbonyl (C=O) groups excluding carboxylic acids is 2. The van der Waals surface area contributed by atoms with Gasteiger partial charge in [-0.1, -0.05) is 12.2 Å². The minimum Gasteiger partial charge on any atom is -0.497 e. The van der Waals surface area contributed by atoms with Gasteiger partial charge in [-0.2, -0.15) is 0 Å². The third-order valence-corrected chi connectivity index (χ3v) is 6.22. The van der Waals surface area contributed by atoms with Crippen LogP contribution in [0.15, 0.2) is 54.9 Å². The molecule has 1 aromatic carbocycles. The van der Waals surface area contributed by atoms with Crippen molar-refractivity contribution >= 4 is 17.5 Å². The number of likely N-dealkylation sites (tertiary alicyclic amines) is 1. The first-order valence-electron chi connectivity index (χ1n) is 10.1. The van der Waals surface area contributed by atoms with Crippen molar-refractivity contribution in [3.63, 3.8) is 0 Å². The fraction of sp³-hybridized carbons (Fsp3) is 0.348. The van der Waals surface area contributed by atoms with Gasteiger partial charge in [-0.15, -0.1) is 0 Å². The fourth-order valence-corrected chi connectivity index (χ4v) is 4.83. The van der Waals surface area contributed by atoms with Gasteiger partial charge in [-0.25, -0.2) is 0 Å². The summed E-state index contributed by atoms with van der Waals surface area (Å²) in [6.07, 6.45) is 6.84. The maximum absolute atomic E-state index is 13.3. The number of nitrogens with zero attached hydrogens (tertiary/aromatic N) is 2. The molecule has 31 heavy (non-hydrogen) atoms. The van der Waals surface area contributed by atoms with Gasteiger partial charge in [0.2, 0.25) is 11.8 Å². The van der Waals surface area contributed by atoms with Crippen LogP contribution >= 0.6 is 0 Å². The Kier molecular flexibility index (Phi) is 4.66. The molecule has 3 aliphatic heterocycles. The zero-order chi connectivity index (χ0) is 21.6. The molecule has 0 radical (unpaired) electrons. The maximum Gasteiger partial charge on any atom is 0.231 e. The molecular weight excluding hydrogens is 398 g/mol. The Morgan fingerprint density at radius 3 is 2.61 bits per heavy atom. The predicted molar refractivity (Wildman–Crippen MR) is 112 cm³/mol. The highest BCUT2D eigenvalue weighted by molar-refractivity contribution is 5.99. The molecule has 4 atom stereocenters. The van der Waals surface area contributed by atoms with E-state index in [0.29, 0.717) is 30.3 Å². The second kappa shape index (κ2) is 7.39. The van der Waals surface area contributed by atoms with Gasteiger partial charge in [-0.05, 0) is 17.7 Å². The van der Waals surface area contributed by atoms with Gasteiger partial charge < -0.3 is 24.4 Å². The lowest BCUT2D eigenvalue weighted by molar-refractivity contribution is -0.136. The minimum atomic E-state index is -0.747. The van der Waals surface area contributed by atoms with E-state index in [0.717, 1.165) is 5.56 Å². The molecule has 3 aliphatic rings. The van der Waals surface area contributed by atoms with E-state index >= 15 is 0 Å². The number of rotatable bonds is 6. The average Bonchev–Trinajstić information content (AvgIpc) is 3.42. The number of amides is 2. The number of nitrogens with one attached hydrogen (secondary N) is 1. The molecule has 0 unspecified atom stereocenters. The Morgan fingerprint density at radius 2 is 1.94 bits per heavy atom. The Morgan fingerprint density at radius 1 is 1.23 bits per heavy atom. The number of hydrogen-bond donors (Lipinski definition) is 1. The third-order valence-electron chi connectivity index (χ3n) is 6.22. The van der Waals surface area contributed by atoms with Crippen molar-refractivity contribution in [2.75, 3.05) is 26.1 Å². The van der Waals surface area contributed by atoms with E-state index in [1.54, 1.807) is 49.7 Å². The number of pyridine rings is 1. The van der Waals surface area contributed by atoms with E-state index < -0.39 is 23.5 Å². The normalized spacial score (nSPS) is 28.0. The summed E-state index contributed by atoms with van der Waals surface area (Å²) in [5, 5.41) is 2.92. The first kappa shape index (κ1) is 19.6. The summed E-state index contributed by atoms with van der Waals surface area (Å²) in [5.41, 5.74) is 0.784. The molecule has 1 aromatic heterocycles. The van der Waals surface area contributed by atoms with Crippen LogP contribution in [0.5, 0.6) is 11.5 Å². The number of carbonyl (C=O) groups is 2. The number of fused-ring (bicyclic) bond motifs is 1. The maximum atomic E-state index is 13.3. The van der Waals surface area contributed by atoms with E-state index in [9.17, 15) is 9.59 Å². The summed E-state index contributed by atoms with van der Waals surface area (Å²) in [7, 11) is 3.10. The second-order valence-electron chi connectivity index (χ2n) is 8.04. The quantitative estimate of drug-likeness (QED) is 0.718. The lowest BCUT2D eigenvalue weighted by Gasteiger charge is -2.23. The molecule has 8 nitrogen and oxygen atoms in total. The molecule has 2 aromatic rings. The number of benzene rings is 1. The van der Waals surface area contributed by atoms with E-state index in [-0.39, 0.29) is 11.8 Å². The first-order valence-corrected chi connectivity index (χ1v) is 10.1. The number of hydrogen-bond acceptors (Lipinski definition) is 6. The topological polar surface area (TPSA) is 90.0 Å². The van der Waals surface area contributed by atoms with Crippen molar-refractivity contribution in [3.05, 3.63) is 60.4 Å². The summed E-state index contributed by atoms with van der Waals surface area (Å²) >= 11 is 0. The van der Waals surface area contributed by atoms with E-state index in [2.05, 4.69) is 10.3 Å². The van der Waals surface area contributed by atoms with Crippen LogP contribution in [0.3, 0.4) is 0 Å².